The van der Waals surface area contributed by atoms with E-state index in [1.165, 1.54) is 17.5 Å². The SMILES string of the molecule is CCCNC(=O)N1CCC(CN(CC)C2CCc3ccc(NC(=O)C(CC)c4ccccc4)cc3C2)CC1. The molecule has 4 rings (SSSR count). The van der Waals surface area contributed by atoms with Crippen molar-refractivity contribution in [2.45, 2.75) is 77.7 Å². The summed E-state index contributed by atoms with van der Waals surface area (Å²) >= 11 is 0. The molecule has 2 N–H and O–H groups in total. The lowest BCUT2D eigenvalue weighted by atomic mass is 9.86. The fourth-order valence-corrected chi connectivity index (χ4v) is 6.14. The summed E-state index contributed by atoms with van der Waals surface area (Å²) in [6, 6.07) is 17.2. The smallest absolute Gasteiger partial charge is 0.317 e. The Morgan fingerprint density at radius 1 is 1.00 bits per heavy atom. The fourth-order valence-electron chi connectivity index (χ4n) is 6.14. The molecule has 2 aromatic rings. The van der Waals surface area contributed by atoms with Crippen molar-refractivity contribution in [1.82, 2.24) is 15.1 Å². The summed E-state index contributed by atoms with van der Waals surface area (Å²) in [7, 11) is 0. The molecule has 1 heterocycles. The van der Waals surface area contributed by atoms with Gasteiger partial charge in [-0.2, -0.15) is 0 Å². The highest BCUT2D eigenvalue weighted by molar-refractivity contribution is 5.96. The second-order valence-electron chi connectivity index (χ2n) is 11.0. The van der Waals surface area contributed by atoms with Gasteiger partial charge in [-0.3, -0.25) is 4.79 Å². The standard InChI is InChI=1S/C32H46N4O2/c1-4-18-33-32(38)36-19-16-24(17-20-36)23-35(6-3)29-15-13-25-12-14-28(21-27(25)22-29)34-31(37)30(5-2)26-10-8-7-9-11-26/h7-12,14,21,24,29-30H,4-6,13,15-20,22-23H2,1-3H3,(H,33,38)(H,34,37). The van der Waals surface area contributed by atoms with Crippen molar-refractivity contribution in [3.8, 4) is 0 Å². The van der Waals surface area contributed by atoms with Crippen LogP contribution in [0.2, 0.25) is 0 Å². The van der Waals surface area contributed by atoms with Crippen molar-refractivity contribution in [2.75, 3.05) is 38.0 Å². The normalized spacial score (nSPS) is 18.6. The molecular weight excluding hydrogens is 472 g/mol. The van der Waals surface area contributed by atoms with Gasteiger partial charge in [0, 0.05) is 37.9 Å². The summed E-state index contributed by atoms with van der Waals surface area (Å²) in [6.07, 6.45) is 7.20. The zero-order valence-corrected chi connectivity index (χ0v) is 23.5. The van der Waals surface area contributed by atoms with Crippen LogP contribution in [0, 0.1) is 5.92 Å². The van der Waals surface area contributed by atoms with Crippen LogP contribution in [-0.4, -0.2) is 60.5 Å². The molecular formula is C32H46N4O2. The number of anilines is 1. The number of nitrogens with one attached hydrogen (secondary N) is 2. The number of benzene rings is 2. The number of likely N-dealkylation sites (N-methyl/N-ethyl adjacent to an activating group) is 1. The number of carbonyl (C=O) groups is 2. The van der Waals surface area contributed by atoms with Gasteiger partial charge in [-0.15, -0.1) is 0 Å². The van der Waals surface area contributed by atoms with Gasteiger partial charge < -0.3 is 20.4 Å². The van der Waals surface area contributed by atoms with E-state index in [4.69, 9.17) is 0 Å². The zero-order valence-electron chi connectivity index (χ0n) is 23.5. The van der Waals surface area contributed by atoms with Gasteiger partial charge in [0.2, 0.25) is 5.91 Å². The van der Waals surface area contributed by atoms with Crippen molar-refractivity contribution in [1.29, 1.82) is 0 Å². The van der Waals surface area contributed by atoms with Gasteiger partial charge in [-0.25, -0.2) is 4.79 Å². The number of aryl methyl sites for hydroxylation is 1. The van der Waals surface area contributed by atoms with Gasteiger partial charge in [0.25, 0.3) is 0 Å². The minimum Gasteiger partial charge on any atom is -0.338 e. The van der Waals surface area contributed by atoms with E-state index in [9.17, 15) is 9.59 Å². The van der Waals surface area contributed by atoms with Crippen LogP contribution in [0.1, 0.15) is 75.5 Å². The lowest BCUT2D eigenvalue weighted by Gasteiger charge is -2.39. The molecule has 1 saturated heterocycles. The van der Waals surface area contributed by atoms with Crippen LogP contribution in [0.15, 0.2) is 48.5 Å². The zero-order chi connectivity index (χ0) is 26.9. The van der Waals surface area contributed by atoms with Crippen molar-refractivity contribution in [2.24, 2.45) is 5.92 Å². The van der Waals surface area contributed by atoms with Gasteiger partial charge >= 0.3 is 6.03 Å². The summed E-state index contributed by atoms with van der Waals surface area (Å²) in [4.78, 5) is 30.1. The molecule has 3 amide bonds. The molecule has 0 radical (unpaired) electrons. The molecule has 6 heteroatoms. The third-order valence-corrected chi connectivity index (χ3v) is 8.45. The second kappa shape index (κ2) is 13.8. The monoisotopic (exact) mass is 518 g/mol. The van der Waals surface area contributed by atoms with Crippen molar-refractivity contribution in [3.05, 3.63) is 65.2 Å². The van der Waals surface area contributed by atoms with E-state index < -0.39 is 0 Å². The van der Waals surface area contributed by atoms with Crippen LogP contribution in [-0.2, 0) is 17.6 Å². The molecule has 0 aromatic heterocycles. The largest absolute Gasteiger partial charge is 0.338 e. The number of likely N-dealkylation sites (tertiary alicyclic amines) is 1. The lowest BCUT2D eigenvalue weighted by molar-refractivity contribution is -0.117. The van der Waals surface area contributed by atoms with E-state index >= 15 is 0 Å². The van der Waals surface area contributed by atoms with Crippen LogP contribution in [0.25, 0.3) is 0 Å². The van der Waals surface area contributed by atoms with E-state index in [1.807, 2.05) is 35.2 Å². The Kier molecular flexibility index (Phi) is 10.2. The number of amides is 3. The van der Waals surface area contributed by atoms with Crippen LogP contribution < -0.4 is 10.6 Å². The first kappa shape index (κ1) is 28.2. The highest BCUT2D eigenvalue weighted by atomic mass is 16.2. The van der Waals surface area contributed by atoms with Gasteiger partial charge in [0.15, 0.2) is 0 Å². The maximum Gasteiger partial charge on any atom is 0.317 e. The van der Waals surface area contributed by atoms with Crippen LogP contribution in [0.5, 0.6) is 0 Å². The number of rotatable bonds is 10. The molecule has 0 saturated carbocycles. The summed E-state index contributed by atoms with van der Waals surface area (Å²) in [5.74, 6) is 0.566. The first-order chi connectivity index (χ1) is 18.5. The van der Waals surface area contributed by atoms with E-state index in [0.717, 1.165) is 82.5 Å². The quantitative estimate of drug-likeness (QED) is 0.416. The topological polar surface area (TPSA) is 64.7 Å². The Bertz CT molecular complexity index is 1050. The summed E-state index contributed by atoms with van der Waals surface area (Å²) in [6.45, 7) is 11.0. The number of hydrogen-bond acceptors (Lipinski definition) is 3. The molecule has 38 heavy (non-hydrogen) atoms. The van der Waals surface area contributed by atoms with Gasteiger partial charge in [0.1, 0.15) is 0 Å². The number of piperidine rings is 1. The fraction of sp³-hybridized carbons (Fsp3) is 0.562. The number of carbonyl (C=O) groups excluding carboxylic acids is 2. The minimum absolute atomic E-state index is 0.0657. The Balaban J connectivity index is 1.33. The molecule has 2 unspecified atom stereocenters. The van der Waals surface area contributed by atoms with E-state index in [-0.39, 0.29) is 17.9 Å². The Morgan fingerprint density at radius 3 is 2.45 bits per heavy atom. The van der Waals surface area contributed by atoms with Crippen LogP contribution in [0.4, 0.5) is 10.5 Å². The molecule has 2 aliphatic rings. The number of nitrogens with zero attached hydrogens (tertiary/aromatic N) is 2. The minimum atomic E-state index is -0.139. The molecule has 1 aliphatic carbocycles. The Hall–Kier alpha value is -2.86. The Labute approximate surface area is 229 Å². The third kappa shape index (κ3) is 7.16. The summed E-state index contributed by atoms with van der Waals surface area (Å²) < 4.78 is 0. The molecule has 0 spiro atoms. The molecule has 0 bridgehead atoms. The average Bonchev–Trinajstić information content (AvgIpc) is 2.95. The second-order valence-corrected chi connectivity index (χ2v) is 11.0. The maximum atomic E-state index is 13.1. The maximum absolute atomic E-state index is 13.1. The van der Waals surface area contributed by atoms with E-state index in [1.54, 1.807) is 0 Å². The first-order valence-electron chi connectivity index (χ1n) is 14.8. The van der Waals surface area contributed by atoms with E-state index in [2.05, 4.69) is 54.5 Å². The number of fused-ring (bicyclic) bond motifs is 1. The first-order valence-corrected chi connectivity index (χ1v) is 14.8. The Morgan fingerprint density at radius 2 is 1.76 bits per heavy atom. The predicted octanol–water partition coefficient (Wildman–Crippen LogP) is 5.83. The molecule has 206 valence electrons. The van der Waals surface area contributed by atoms with Crippen molar-refractivity contribution in [3.63, 3.8) is 0 Å². The average molecular weight is 519 g/mol. The molecule has 1 fully saturated rings. The number of urea groups is 1. The van der Waals surface area contributed by atoms with Gasteiger partial charge in [-0.05, 0) is 86.2 Å². The predicted molar refractivity (Wildman–Crippen MR) is 156 cm³/mol. The number of hydrogen-bond donors (Lipinski definition) is 2. The van der Waals surface area contributed by atoms with Crippen molar-refractivity contribution < 1.29 is 9.59 Å². The van der Waals surface area contributed by atoms with Gasteiger partial charge in [-0.1, -0.05) is 57.2 Å². The lowest BCUT2D eigenvalue weighted by Crippen LogP contribution is -2.47. The molecule has 1 aliphatic heterocycles. The molecule has 2 aromatic carbocycles. The summed E-state index contributed by atoms with van der Waals surface area (Å²) in [5, 5.41) is 6.22. The summed E-state index contributed by atoms with van der Waals surface area (Å²) in [5.41, 5.74) is 4.75. The van der Waals surface area contributed by atoms with Crippen LogP contribution >= 0.6 is 0 Å². The molecule has 6 nitrogen and oxygen atoms in total. The van der Waals surface area contributed by atoms with Crippen LogP contribution in [0.3, 0.4) is 0 Å². The van der Waals surface area contributed by atoms with Gasteiger partial charge in [0.05, 0.1) is 5.92 Å². The molecule has 2 atom stereocenters. The van der Waals surface area contributed by atoms with Crippen molar-refractivity contribution >= 4 is 17.6 Å². The third-order valence-electron chi connectivity index (χ3n) is 8.45. The highest BCUT2D eigenvalue weighted by Crippen LogP contribution is 2.30. The highest BCUT2D eigenvalue weighted by Gasteiger charge is 2.29. The van der Waals surface area contributed by atoms with E-state index in [0.29, 0.717) is 12.0 Å².